The molecule has 1 aliphatic heterocycles. The molecule has 3 heteroatoms. The predicted octanol–water partition coefficient (Wildman–Crippen LogP) is 2.25. The molecule has 1 aromatic carbocycles. The van der Waals surface area contributed by atoms with E-state index in [-0.39, 0.29) is 0 Å². The molecular weight excluding hydrogens is 216 g/mol. The summed E-state index contributed by atoms with van der Waals surface area (Å²) in [4.78, 5) is 2.57. The number of hydrogen-bond donors (Lipinski definition) is 1. The van der Waals surface area contributed by atoms with Crippen molar-refractivity contribution in [1.29, 1.82) is 0 Å². The largest absolute Gasteiger partial charge is 0.399 e. The van der Waals surface area contributed by atoms with Gasteiger partial charge in [0.25, 0.3) is 0 Å². The highest BCUT2D eigenvalue weighted by Gasteiger charge is 2.15. The minimum atomic E-state index is 0.792. The van der Waals surface area contributed by atoms with E-state index in [1.807, 2.05) is 12.1 Å². The lowest BCUT2D eigenvalue weighted by Crippen LogP contribution is -2.37. The van der Waals surface area contributed by atoms with E-state index in [2.05, 4.69) is 35.7 Å². The van der Waals surface area contributed by atoms with Crippen LogP contribution in [-0.2, 0) is 6.42 Å². The molecule has 0 saturated carbocycles. The molecule has 88 valence electrons. The minimum Gasteiger partial charge on any atom is -0.399 e. The third-order valence-electron chi connectivity index (χ3n) is 3.02. The van der Waals surface area contributed by atoms with Crippen LogP contribution in [0.5, 0.6) is 0 Å². The first-order valence-corrected chi connectivity index (χ1v) is 6.97. The summed E-state index contributed by atoms with van der Waals surface area (Å²) in [5, 5.41) is 0.792. The smallest absolute Gasteiger partial charge is 0.0314 e. The number of nitrogen functional groups attached to an aromatic ring is 1. The van der Waals surface area contributed by atoms with Gasteiger partial charge in [-0.1, -0.05) is 19.1 Å². The third kappa shape index (κ3) is 3.42. The van der Waals surface area contributed by atoms with E-state index in [1.165, 1.54) is 31.0 Å². The molecular formula is C13H20N2S. The monoisotopic (exact) mass is 236 g/mol. The van der Waals surface area contributed by atoms with E-state index < -0.39 is 0 Å². The molecule has 0 aromatic heterocycles. The van der Waals surface area contributed by atoms with Crippen molar-refractivity contribution < 1.29 is 0 Å². The number of benzene rings is 1. The van der Waals surface area contributed by atoms with Crippen molar-refractivity contribution in [3.8, 4) is 0 Å². The Bertz CT molecular complexity index is 323. The molecule has 1 aromatic rings. The van der Waals surface area contributed by atoms with Gasteiger partial charge in [-0.05, 0) is 24.1 Å². The molecule has 1 fully saturated rings. The quantitative estimate of drug-likeness (QED) is 0.816. The van der Waals surface area contributed by atoms with Crippen LogP contribution >= 0.6 is 11.8 Å². The zero-order chi connectivity index (χ0) is 11.4. The van der Waals surface area contributed by atoms with Crippen molar-refractivity contribution >= 4 is 17.4 Å². The standard InChI is InChI=1S/C13H20N2S/c1-11-10-15(8-9-16-11)7-6-12-2-4-13(14)5-3-12/h2-5,11H,6-10,14H2,1H3. The zero-order valence-electron chi connectivity index (χ0n) is 9.86. The number of hydrogen-bond acceptors (Lipinski definition) is 3. The van der Waals surface area contributed by atoms with Crippen LogP contribution in [0.3, 0.4) is 0 Å². The second kappa shape index (κ2) is 5.60. The van der Waals surface area contributed by atoms with Crippen molar-refractivity contribution in [2.24, 2.45) is 0 Å². The van der Waals surface area contributed by atoms with Gasteiger partial charge in [-0.2, -0.15) is 11.8 Å². The molecule has 16 heavy (non-hydrogen) atoms. The lowest BCUT2D eigenvalue weighted by Gasteiger charge is -2.30. The van der Waals surface area contributed by atoms with Crippen LogP contribution in [0.2, 0.25) is 0 Å². The van der Waals surface area contributed by atoms with Crippen LogP contribution in [0.15, 0.2) is 24.3 Å². The van der Waals surface area contributed by atoms with Crippen LogP contribution in [0.1, 0.15) is 12.5 Å². The molecule has 2 rings (SSSR count). The first-order valence-electron chi connectivity index (χ1n) is 5.92. The summed E-state index contributed by atoms with van der Waals surface area (Å²) in [7, 11) is 0. The molecule has 1 atom stereocenters. The van der Waals surface area contributed by atoms with E-state index in [0.29, 0.717) is 0 Å². The highest BCUT2D eigenvalue weighted by Crippen LogP contribution is 2.18. The molecule has 0 bridgehead atoms. The van der Waals surface area contributed by atoms with Gasteiger partial charge in [-0.25, -0.2) is 0 Å². The summed E-state index contributed by atoms with van der Waals surface area (Å²) in [6.07, 6.45) is 1.14. The van der Waals surface area contributed by atoms with Crippen molar-refractivity contribution in [2.45, 2.75) is 18.6 Å². The first kappa shape index (κ1) is 11.8. The molecule has 1 unspecified atom stereocenters. The van der Waals surface area contributed by atoms with Crippen molar-refractivity contribution in [3.05, 3.63) is 29.8 Å². The van der Waals surface area contributed by atoms with Crippen LogP contribution < -0.4 is 5.73 Å². The SMILES string of the molecule is CC1CN(CCc2ccc(N)cc2)CCS1. The topological polar surface area (TPSA) is 29.3 Å². The van der Waals surface area contributed by atoms with Crippen molar-refractivity contribution in [2.75, 3.05) is 31.1 Å². The molecule has 2 N–H and O–H groups in total. The maximum Gasteiger partial charge on any atom is 0.0314 e. The molecule has 0 spiro atoms. The van der Waals surface area contributed by atoms with E-state index in [0.717, 1.165) is 17.4 Å². The second-order valence-electron chi connectivity index (χ2n) is 4.47. The Morgan fingerprint density at radius 1 is 1.38 bits per heavy atom. The molecule has 0 aliphatic carbocycles. The fourth-order valence-electron chi connectivity index (χ4n) is 2.07. The molecule has 1 heterocycles. The molecule has 1 aliphatic rings. The maximum atomic E-state index is 5.67. The summed E-state index contributed by atoms with van der Waals surface area (Å²) < 4.78 is 0. The second-order valence-corrected chi connectivity index (χ2v) is 6.02. The van der Waals surface area contributed by atoms with E-state index >= 15 is 0 Å². The van der Waals surface area contributed by atoms with Gasteiger partial charge in [-0.3, -0.25) is 0 Å². The van der Waals surface area contributed by atoms with Gasteiger partial charge < -0.3 is 10.6 Å². The summed E-state index contributed by atoms with van der Waals surface area (Å²) in [6.45, 7) is 5.97. The maximum absolute atomic E-state index is 5.67. The van der Waals surface area contributed by atoms with Gasteiger partial charge in [0.15, 0.2) is 0 Å². The van der Waals surface area contributed by atoms with Crippen LogP contribution in [0.4, 0.5) is 5.69 Å². The van der Waals surface area contributed by atoms with Gasteiger partial charge in [0, 0.05) is 36.3 Å². The van der Waals surface area contributed by atoms with E-state index in [4.69, 9.17) is 5.73 Å². The Kier molecular flexibility index (Phi) is 4.13. The third-order valence-corrected chi connectivity index (χ3v) is 4.16. The average Bonchev–Trinajstić information content (AvgIpc) is 2.28. The summed E-state index contributed by atoms with van der Waals surface area (Å²) in [6, 6.07) is 8.25. The Hall–Kier alpha value is -0.670. The van der Waals surface area contributed by atoms with Crippen molar-refractivity contribution in [3.63, 3.8) is 0 Å². The highest BCUT2D eigenvalue weighted by molar-refractivity contribution is 7.99. The number of nitrogens with zero attached hydrogens (tertiary/aromatic N) is 1. The fourth-order valence-corrected chi connectivity index (χ4v) is 3.15. The van der Waals surface area contributed by atoms with Crippen LogP contribution in [0.25, 0.3) is 0 Å². The minimum absolute atomic E-state index is 0.792. The fraction of sp³-hybridized carbons (Fsp3) is 0.538. The zero-order valence-corrected chi connectivity index (χ0v) is 10.7. The number of anilines is 1. The number of rotatable bonds is 3. The molecule has 0 amide bonds. The van der Waals surface area contributed by atoms with Gasteiger partial charge in [-0.15, -0.1) is 0 Å². The predicted molar refractivity (Wildman–Crippen MR) is 72.9 cm³/mol. The van der Waals surface area contributed by atoms with Gasteiger partial charge in [0.05, 0.1) is 0 Å². The Balaban J connectivity index is 1.80. The normalized spacial score (nSPS) is 22.2. The Labute approximate surface area is 102 Å². The average molecular weight is 236 g/mol. The van der Waals surface area contributed by atoms with Crippen LogP contribution in [0, 0.1) is 0 Å². The lowest BCUT2D eigenvalue weighted by atomic mass is 10.1. The Morgan fingerprint density at radius 2 is 2.12 bits per heavy atom. The Morgan fingerprint density at radius 3 is 2.81 bits per heavy atom. The van der Waals surface area contributed by atoms with E-state index in [1.54, 1.807) is 0 Å². The lowest BCUT2D eigenvalue weighted by molar-refractivity contribution is 0.290. The summed E-state index contributed by atoms with van der Waals surface area (Å²) in [5.74, 6) is 1.28. The van der Waals surface area contributed by atoms with Gasteiger partial charge >= 0.3 is 0 Å². The van der Waals surface area contributed by atoms with Crippen LogP contribution in [-0.4, -0.2) is 35.5 Å². The molecule has 2 nitrogen and oxygen atoms in total. The number of nitrogens with two attached hydrogens (primary N) is 1. The molecule has 0 radical (unpaired) electrons. The van der Waals surface area contributed by atoms with Gasteiger partial charge in [0.1, 0.15) is 0 Å². The highest BCUT2D eigenvalue weighted by atomic mass is 32.2. The molecule has 1 saturated heterocycles. The first-order chi connectivity index (χ1) is 7.74. The number of thioether (sulfide) groups is 1. The van der Waals surface area contributed by atoms with Crippen molar-refractivity contribution in [1.82, 2.24) is 4.90 Å². The van der Waals surface area contributed by atoms with Gasteiger partial charge in [0.2, 0.25) is 0 Å². The van der Waals surface area contributed by atoms with E-state index in [9.17, 15) is 0 Å². The summed E-state index contributed by atoms with van der Waals surface area (Å²) in [5.41, 5.74) is 7.91. The summed E-state index contributed by atoms with van der Waals surface area (Å²) >= 11 is 2.09.